The summed E-state index contributed by atoms with van der Waals surface area (Å²) < 4.78 is 68.7. The van der Waals surface area contributed by atoms with E-state index >= 15 is 0 Å². The first-order valence-electron chi connectivity index (χ1n) is 41.3. The molecule has 0 saturated carbocycles. The SMILES string of the molecule is CCCCCC/C=C\C=C/CCCCCCCC(=O)OC[C@H](COP(=O)(O)OC[C@@H](O)COP(=O)(O)OC[C@@H](COC(=O)CCCCCCCCCCC(C)CC)OC(=O)CCCCCCCCCCCCCC(C)C)OC(=O)CCCCCCCCCCCCCCCCCCCCC. The Morgan fingerprint density at radius 1 is 0.330 bits per heavy atom. The number of aliphatic hydroxyl groups is 1. The number of carbonyl (C=O) groups excluding carboxylic acids is 4. The van der Waals surface area contributed by atoms with Crippen LogP contribution in [0.1, 0.15) is 401 Å². The molecule has 19 heteroatoms. The summed E-state index contributed by atoms with van der Waals surface area (Å²) in [6.07, 6.45) is 64.6. The third-order valence-electron chi connectivity index (χ3n) is 18.7. The number of unbranched alkanes of at least 4 members (excludes halogenated alkanes) is 44. The lowest BCUT2D eigenvalue weighted by molar-refractivity contribution is -0.161. The Bertz CT molecular complexity index is 2020. The Morgan fingerprint density at radius 2 is 0.590 bits per heavy atom. The van der Waals surface area contributed by atoms with Crippen LogP contribution in [0.3, 0.4) is 0 Å². The number of hydrogen-bond acceptors (Lipinski definition) is 15. The summed E-state index contributed by atoms with van der Waals surface area (Å²) in [6.45, 7) is 9.57. The first kappa shape index (κ1) is 97.5. The van der Waals surface area contributed by atoms with Crippen LogP contribution in [0.5, 0.6) is 0 Å². The predicted octanol–water partition coefficient (Wildman–Crippen LogP) is 23.8. The van der Waals surface area contributed by atoms with Crippen molar-refractivity contribution in [1.29, 1.82) is 0 Å². The molecule has 6 atom stereocenters. The zero-order valence-corrected chi connectivity index (χ0v) is 66.8. The minimum Gasteiger partial charge on any atom is -0.462 e. The number of carbonyl (C=O) groups is 4. The molecule has 3 N–H and O–H groups in total. The number of hydrogen-bond donors (Lipinski definition) is 3. The summed E-state index contributed by atoms with van der Waals surface area (Å²) in [4.78, 5) is 73.0. The summed E-state index contributed by atoms with van der Waals surface area (Å²) in [6, 6.07) is 0. The summed E-state index contributed by atoms with van der Waals surface area (Å²) in [5.41, 5.74) is 0. The average Bonchev–Trinajstić information content (AvgIpc) is 0.975. The molecule has 17 nitrogen and oxygen atoms in total. The van der Waals surface area contributed by atoms with Crippen LogP contribution in [0.2, 0.25) is 0 Å². The van der Waals surface area contributed by atoms with Crippen molar-refractivity contribution in [3.63, 3.8) is 0 Å². The summed E-state index contributed by atoms with van der Waals surface area (Å²) >= 11 is 0. The van der Waals surface area contributed by atoms with Gasteiger partial charge in [-0.3, -0.25) is 37.3 Å². The molecule has 0 aliphatic rings. The van der Waals surface area contributed by atoms with E-state index in [1.807, 2.05) is 0 Å². The van der Waals surface area contributed by atoms with Crippen molar-refractivity contribution in [2.24, 2.45) is 11.8 Å². The smallest absolute Gasteiger partial charge is 0.462 e. The number of phosphoric ester groups is 2. The molecule has 0 saturated heterocycles. The average molecular weight is 1460 g/mol. The number of phosphoric acid groups is 2. The summed E-state index contributed by atoms with van der Waals surface area (Å²) in [5, 5.41) is 10.6. The molecule has 0 aliphatic carbocycles. The lowest BCUT2D eigenvalue weighted by Crippen LogP contribution is -2.30. The number of allylic oxidation sites excluding steroid dienone is 4. The third-order valence-corrected chi connectivity index (χ3v) is 20.6. The van der Waals surface area contributed by atoms with E-state index in [2.05, 4.69) is 65.8 Å². The van der Waals surface area contributed by atoms with Gasteiger partial charge in [-0.25, -0.2) is 9.13 Å². The molecule has 0 fully saturated rings. The van der Waals surface area contributed by atoms with Gasteiger partial charge in [-0.2, -0.15) is 0 Å². The van der Waals surface area contributed by atoms with E-state index in [1.165, 1.54) is 199 Å². The van der Waals surface area contributed by atoms with Crippen molar-refractivity contribution in [2.45, 2.75) is 419 Å². The molecule has 0 aromatic heterocycles. The maximum atomic E-state index is 13.1. The fourth-order valence-electron chi connectivity index (χ4n) is 12.0. The standard InChI is InChI=1S/C81H154O17P2/c1-7-10-12-14-16-18-20-22-24-25-26-27-29-31-35-39-47-53-59-65-80(85)97-76(69-91-78(83)63-57-51-45-38-34-30-28-23-21-19-17-15-13-11-8-2)71-95-99(87,88)93-67-75(82)68-94-100(89,90)96-72-77(70-92-79(84)64-58-52-46-42-41-44-50-56-62-74(6)9-3)98-81(86)66-60-54-48-40-36-32-33-37-43-49-55-61-73(4)5/h19,21,23,28,73-77,82H,7-18,20,22,24-27,29-72H2,1-6H3,(H,87,88)(H,89,90)/b21-19-,28-23-/t74?,75-,76-,77-/m1/s1. The molecular weight excluding hydrogens is 1310 g/mol. The van der Waals surface area contributed by atoms with Crippen LogP contribution in [-0.2, 0) is 65.4 Å². The predicted molar refractivity (Wildman–Crippen MR) is 409 cm³/mol. The van der Waals surface area contributed by atoms with Gasteiger partial charge in [0.25, 0.3) is 0 Å². The molecule has 0 bridgehead atoms. The fourth-order valence-corrected chi connectivity index (χ4v) is 13.5. The third kappa shape index (κ3) is 72.5. The summed E-state index contributed by atoms with van der Waals surface area (Å²) in [7, 11) is -9.93. The molecule has 100 heavy (non-hydrogen) atoms. The lowest BCUT2D eigenvalue weighted by Gasteiger charge is -2.21. The van der Waals surface area contributed by atoms with Crippen LogP contribution in [0.15, 0.2) is 24.3 Å². The minimum atomic E-state index is -4.97. The van der Waals surface area contributed by atoms with Gasteiger partial charge in [0.2, 0.25) is 0 Å². The molecule has 3 unspecified atom stereocenters. The van der Waals surface area contributed by atoms with Crippen molar-refractivity contribution in [3.8, 4) is 0 Å². The minimum absolute atomic E-state index is 0.102. The molecule has 0 aromatic rings. The van der Waals surface area contributed by atoms with Gasteiger partial charge in [-0.05, 0) is 63.2 Å². The van der Waals surface area contributed by atoms with E-state index in [0.29, 0.717) is 25.7 Å². The highest BCUT2D eigenvalue weighted by atomic mass is 31.2. The van der Waals surface area contributed by atoms with Gasteiger partial charge in [0, 0.05) is 25.7 Å². The van der Waals surface area contributed by atoms with Crippen molar-refractivity contribution < 1.29 is 80.2 Å². The maximum absolute atomic E-state index is 13.1. The molecule has 0 aromatic carbocycles. The molecule has 0 aliphatic heterocycles. The van der Waals surface area contributed by atoms with E-state index in [0.717, 1.165) is 121 Å². The second-order valence-corrected chi connectivity index (χ2v) is 32.1. The van der Waals surface area contributed by atoms with E-state index < -0.39 is 97.5 Å². The van der Waals surface area contributed by atoms with E-state index in [1.54, 1.807) is 0 Å². The van der Waals surface area contributed by atoms with Gasteiger partial charge in [-0.1, -0.05) is 348 Å². The highest BCUT2D eigenvalue weighted by molar-refractivity contribution is 7.47. The van der Waals surface area contributed by atoms with E-state index in [4.69, 9.17) is 37.0 Å². The normalized spacial score (nSPS) is 14.3. The fraction of sp³-hybridized carbons (Fsp3) is 0.901. The topological polar surface area (TPSA) is 237 Å². The van der Waals surface area contributed by atoms with Crippen LogP contribution in [0, 0.1) is 11.8 Å². The molecule has 0 amide bonds. The Balaban J connectivity index is 5.29. The van der Waals surface area contributed by atoms with Gasteiger partial charge in [0.05, 0.1) is 26.4 Å². The van der Waals surface area contributed by atoms with E-state index in [-0.39, 0.29) is 25.7 Å². The van der Waals surface area contributed by atoms with Crippen molar-refractivity contribution in [1.82, 2.24) is 0 Å². The highest BCUT2D eigenvalue weighted by Crippen LogP contribution is 2.45. The second-order valence-electron chi connectivity index (χ2n) is 29.2. The summed E-state index contributed by atoms with van der Waals surface area (Å²) in [5.74, 6) is -0.600. The maximum Gasteiger partial charge on any atom is 0.472 e. The van der Waals surface area contributed by atoms with Crippen LogP contribution in [0.25, 0.3) is 0 Å². The van der Waals surface area contributed by atoms with Gasteiger partial charge in [-0.15, -0.1) is 0 Å². The number of esters is 4. The Labute approximate surface area is 612 Å². The van der Waals surface area contributed by atoms with Gasteiger partial charge >= 0.3 is 39.5 Å². The van der Waals surface area contributed by atoms with Crippen LogP contribution < -0.4 is 0 Å². The quantitative estimate of drug-likeness (QED) is 0.0169. The lowest BCUT2D eigenvalue weighted by atomic mass is 9.99. The van der Waals surface area contributed by atoms with Crippen LogP contribution in [-0.4, -0.2) is 96.7 Å². The zero-order valence-electron chi connectivity index (χ0n) is 65.0. The first-order chi connectivity index (χ1) is 48.4. The monoisotopic (exact) mass is 1460 g/mol. The van der Waals surface area contributed by atoms with Crippen LogP contribution in [0.4, 0.5) is 0 Å². The molecule has 0 rings (SSSR count). The van der Waals surface area contributed by atoms with Crippen molar-refractivity contribution >= 4 is 39.5 Å². The molecule has 0 radical (unpaired) electrons. The molecule has 0 spiro atoms. The number of aliphatic hydroxyl groups excluding tert-OH is 1. The van der Waals surface area contributed by atoms with E-state index in [9.17, 15) is 43.2 Å². The van der Waals surface area contributed by atoms with Gasteiger partial charge in [0.15, 0.2) is 12.2 Å². The second kappa shape index (κ2) is 72.1. The van der Waals surface area contributed by atoms with Gasteiger partial charge in [0.1, 0.15) is 19.3 Å². The van der Waals surface area contributed by atoms with Gasteiger partial charge < -0.3 is 33.8 Å². The van der Waals surface area contributed by atoms with Crippen molar-refractivity contribution in [2.75, 3.05) is 39.6 Å². The first-order valence-corrected chi connectivity index (χ1v) is 44.3. The largest absolute Gasteiger partial charge is 0.472 e. The Hall–Kier alpha value is -2.46. The number of ether oxygens (including phenoxy) is 4. The molecule has 0 heterocycles. The van der Waals surface area contributed by atoms with Crippen LogP contribution >= 0.6 is 15.6 Å². The van der Waals surface area contributed by atoms with Crippen molar-refractivity contribution in [3.05, 3.63) is 24.3 Å². The highest BCUT2D eigenvalue weighted by Gasteiger charge is 2.30. The molecule has 590 valence electrons. The number of rotatable bonds is 78. The molecular formula is C81H154O17P2. The zero-order chi connectivity index (χ0) is 73.5. The Morgan fingerprint density at radius 3 is 0.900 bits per heavy atom. The Kier molecular flexibility index (Phi) is 70.3.